The summed E-state index contributed by atoms with van der Waals surface area (Å²) >= 11 is 0. The molecule has 0 radical (unpaired) electrons. The van der Waals surface area contributed by atoms with Crippen LogP contribution in [0.25, 0.3) is 0 Å². The average molecular weight is 306 g/mol. The van der Waals surface area contributed by atoms with Crippen LogP contribution in [-0.2, 0) is 9.53 Å². The molecule has 1 fully saturated rings. The molecular weight excluding hydrogens is 274 g/mol. The molecule has 0 aromatic carbocycles. The summed E-state index contributed by atoms with van der Waals surface area (Å²) in [7, 11) is 0. The van der Waals surface area contributed by atoms with Gasteiger partial charge in [-0.05, 0) is 71.5 Å². The van der Waals surface area contributed by atoms with Crippen LogP contribution in [0.15, 0.2) is 0 Å². The van der Waals surface area contributed by atoms with Crippen LogP contribution in [0.5, 0.6) is 0 Å². The fourth-order valence-electron chi connectivity index (χ4n) is 2.54. The van der Waals surface area contributed by atoms with Crippen molar-refractivity contribution in [3.63, 3.8) is 0 Å². The fourth-order valence-corrected chi connectivity index (χ4v) is 2.54. The zero-order valence-electron chi connectivity index (χ0n) is 13.8. The first-order valence-electron chi connectivity index (χ1n) is 7.62. The standard InChI is InChI=1S/C16H31NO2.ClH/c1-15(2,3)19-14(18)8-6-11-17-12-7-9-16(4,5)10-13-17;/h6-13H2,1-5H3;1H. The summed E-state index contributed by atoms with van der Waals surface area (Å²) in [4.78, 5) is 14.1. The Labute approximate surface area is 130 Å². The monoisotopic (exact) mass is 305 g/mol. The second kappa shape index (κ2) is 8.23. The van der Waals surface area contributed by atoms with Gasteiger partial charge in [-0.3, -0.25) is 4.79 Å². The van der Waals surface area contributed by atoms with Crippen molar-refractivity contribution in [2.75, 3.05) is 19.6 Å². The number of likely N-dealkylation sites (tertiary alicyclic amines) is 1. The summed E-state index contributed by atoms with van der Waals surface area (Å²) in [6.45, 7) is 13.8. The van der Waals surface area contributed by atoms with Crippen LogP contribution < -0.4 is 0 Å². The molecule has 0 unspecified atom stereocenters. The first kappa shape index (κ1) is 19.7. The summed E-state index contributed by atoms with van der Waals surface area (Å²) in [6.07, 6.45) is 5.31. The molecule has 1 aliphatic rings. The van der Waals surface area contributed by atoms with Gasteiger partial charge in [-0.15, -0.1) is 12.4 Å². The second-order valence-electron chi connectivity index (χ2n) is 7.55. The maximum atomic E-state index is 11.6. The topological polar surface area (TPSA) is 29.5 Å². The normalized spacial score (nSPS) is 19.9. The molecule has 0 aliphatic carbocycles. The van der Waals surface area contributed by atoms with Crippen LogP contribution in [0, 0.1) is 5.41 Å². The Kier molecular flexibility index (Phi) is 8.12. The molecule has 120 valence electrons. The van der Waals surface area contributed by atoms with Crippen molar-refractivity contribution in [3.8, 4) is 0 Å². The maximum absolute atomic E-state index is 11.6. The molecule has 0 aromatic rings. The lowest BCUT2D eigenvalue weighted by atomic mass is 9.85. The zero-order chi connectivity index (χ0) is 14.5. The van der Waals surface area contributed by atoms with E-state index in [4.69, 9.17) is 4.74 Å². The van der Waals surface area contributed by atoms with E-state index in [1.165, 1.54) is 32.4 Å². The summed E-state index contributed by atoms with van der Waals surface area (Å²) in [5, 5.41) is 0. The van der Waals surface area contributed by atoms with Crippen molar-refractivity contribution >= 4 is 18.4 Å². The molecule has 0 saturated carbocycles. The highest BCUT2D eigenvalue weighted by Crippen LogP contribution is 2.29. The van der Waals surface area contributed by atoms with Gasteiger partial charge in [-0.25, -0.2) is 0 Å². The van der Waals surface area contributed by atoms with E-state index in [9.17, 15) is 4.79 Å². The lowest BCUT2D eigenvalue weighted by molar-refractivity contribution is -0.155. The predicted octanol–water partition coefficient (Wildman–Crippen LogP) is 4.04. The molecule has 3 nitrogen and oxygen atoms in total. The Morgan fingerprint density at radius 2 is 1.85 bits per heavy atom. The second-order valence-corrected chi connectivity index (χ2v) is 7.55. The minimum Gasteiger partial charge on any atom is -0.460 e. The molecular formula is C16H32ClNO2. The van der Waals surface area contributed by atoms with Crippen molar-refractivity contribution in [2.45, 2.75) is 72.3 Å². The summed E-state index contributed by atoms with van der Waals surface area (Å²) in [6, 6.07) is 0. The van der Waals surface area contributed by atoms with E-state index in [1.807, 2.05) is 20.8 Å². The van der Waals surface area contributed by atoms with Crippen LogP contribution in [0.1, 0.15) is 66.7 Å². The average Bonchev–Trinajstić information content (AvgIpc) is 2.37. The molecule has 4 heteroatoms. The van der Waals surface area contributed by atoms with Crippen molar-refractivity contribution in [1.82, 2.24) is 4.90 Å². The molecule has 0 N–H and O–H groups in total. The first-order chi connectivity index (χ1) is 8.68. The fraction of sp³-hybridized carbons (Fsp3) is 0.938. The number of ether oxygens (including phenoxy) is 1. The van der Waals surface area contributed by atoms with Crippen molar-refractivity contribution in [1.29, 1.82) is 0 Å². The molecule has 0 amide bonds. The Balaban J connectivity index is 0.00000361. The molecule has 1 aliphatic heterocycles. The number of esters is 1. The molecule has 0 bridgehead atoms. The van der Waals surface area contributed by atoms with Gasteiger partial charge >= 0.3 is 5.97 Å². The Hall–Kier alpha value is -0.280. The van der Waals surface area contributed by atoms with E-state index in [2.05, 4.69) is 18.7 Å². The lowest BCUT2D eigenvalue weighted by Gasteiger charge is -2.23. The molecule has 1 rings (SSSR count). The quantitative estimate of drug-likeness (QED) is 0.734. The van der Waals surface area contributed by atoms with E-state index >= 15 is 0 Å². The minimum absolute atomic E-state index is 0. The summed E-state index contributed by atoms with van der Waals surface area (Å²) < 4.78 is 5.33. The highest BCUT2D eigenvalue weighted by Gasteiger charge is 2.23. The summed E-state index contributed by atoms with van der Waals surface area (Å²) in [5.74, 6) is -0.0670. The Bertz CT molecular complexity index is 297. The minimum atomic E-state index is -0.357. The highest BCUT2D eigenvalue weighted by molar-refractivity contribution is 5.85. The van der Waals surface area contributed by atoms with Crippen LogP contribution in [-0.4, -0.2) is 36.1 Å². The van der Waals surface area contributed by atoms with E-state index < -0.39 is 0 Å². The number of hydrogen-bond donors (Lipinski definition) is 0. The van der Waals surface area contributed by atoms with Crippen LogP contribution >= 0.6 is 12.4 Å². The van der Waals surface area contributed by atoms with Crippen LogP contribution in [0.3, 0.4) is 0 Å². The zero-order valence-corrected chi connectivity index (χ0v) is 14.6. The van der Waals surface area contributed by atoms with Gasteiger partial charge in [-0.1, -0.05) is 13.8 Å². The third-order valence-corrected chi connectivity index (χ3v) is 3.71. The van der Waals surface area contributed by atoms with E-state index in [1.54, 1.807) is 0 Å². The predicted molar refractivity (Wildman–Crippen MR) is 86.4 cm³/mol. The molecule has 0 spiro atoms. The van der Waals surface area contributed by atoms with Gasteiger partial charge in [0.05, 0.1) is 0 Å². The number of carbonyl (C=O) groups is 1. The number of carbonyl (C=O) groups excluding carboxylic acids is 1. The van der Waals surface area contributed by atoms with Crippen molar-refractivity contribution in [2.24, 2.45) is 5.41 Å². The van der Waals surface area contributed by atoms with E-state index in [0.717, 1.165) is 13.0 Å². The van der Waals surface area contributed by atoms with Gasteiger partial charge in [0.1, 0.15) is 5.60 Å². The van der Waals surface area contributed by atoms with Gasteiger partial charge in [0.25, 0.3) is 0 Å². The van der Waals surface area contributed by atoms with Gasteiger partial charge in [0, 0.05) is 6.42 Å². The van der Waals surface area contributed by atoms with E-state index in [0.29, 0.717) is 11.8 Å². The SMILES string of the molecule is CC1(C)CCCN(CCCC(=O)OC(C)(C)C)CC1.Cl. The largest absolute Gasteiger partial charge is 0.460 e. The van der Waals surface area contributed by atoms with E-state index in [-0.39, 0.29) is 24.0 Å². The third-order valence-electron chi connectivity index (χ3n) is 3.71. The molecule has 20 heavy (non-hydrogen) atoms. The van der Waals surface area contributed by atoms with Crippen molar-refractivity contribution < 1.29 is 9.53 Å². The maximum Gasteiger partial charge on any atom is 0.306 e. The summed E-state index contributed by atoms with van der Waals surface area (Å²) in [5.41, 5.74) is 0.129. The Morgan fingerprint density at radius 3 is 2.45 bits per heavy atom. The van der Waals surface area contributed by atoms with Crippen molar-refractivity contribution in [3.05, 3.63) is 0 Å². The van der Waals surface area contributed by atoms with Gasteiger partial charge in [0.15, 0.2) is 0 Å². The Morgan fingerprint density at radius 1 is 1.20 bits per heavy atom. The number of hydrogen-bond acceptors (Lipinski definition) is 3. The van der Waals surface area contributed by atoms with Gasteiger partial charge in [-0.2, -0.15) is 0 Å². The first-order valence-corrected chi connectivity index (χ1v) is 7.62. The van der Waals surface area contributed by atoms with Crippen LogP contribution in [0.4, 0.5) is 0 Å². The molecule has 1 saturated heterocycles. The third kappa shape index (κ3) is 8.80. The highest BCUT2D eigenvalue weighted by atomic mass is 35.5. The number of nitrogens with zero attached hydrogens (tertiary/aromatic N) is 1. The number of rotatable bonds is 4. The van der Waals surface area contributed by atoms with Gasteiger partial charge in [0.2, 0.25) is 0 Å². The smallest absolute Gasteiger partial charge is 0.306 e. The molecule has 0 atom stereocenters. The van der Waals surface area contributed by atoms with Crippen LogP contribution in [0.2, 0.25) is 0 Å². The van der Waals surface area contributed by atoms with Gasteiger partial charge < -0.3 is 9.64 Å². The number of halogens is 1. The molecule has 0 aromatic heterocycles. The lowest BCUT2D eigenvalue weighted by Crippen LogP contribution is -2.28. The molecule has 1 heterocycles.